The molecule has 2 N–H and O–H groups in total. The molecule has 106 valence electrons. The molecule has 3 rings (SSSR count). The number of methoxy groups -OCH3 is 1. The van der Waals surface area contributed by atoms with Gasteiger partial charge >= 0.3 is 0 Å². The highest BCUT2D eigenvalue weighted by atomic mass is 79.9. The maximum Gasteiger partial charge on any atom is 0.0698 e. The van der Waals surface area contributed by atoms with Gasteiger partial charge in [-0.1, -0.05) is 0 Å². The number of nitrogens with two attached hydrogens (primary N) is 1. The Kier molecular flexibility index (Phi) is 3.93. The van der Waals surface area contributed by atoms with Crippen molar-refractivity contribution in [2.45, 2.75) is 44.1 Å². The first-order valence-corrected chi connectivity index (χ1v) is 7.61. The topological polar surface area (TPSA) is 62.3 Å². The zero-order chi connectivity index (χ0) is 13.4. The number of halogens is 1. The van der Waals surface area contributed by atoms with Crippen LogP contribution in [0, 0.1) is 5.92 Å². The molecular formula is C13H20BrN3O2. The van der Waals surface area contributed by atoms with Crippen molar-refractivity contribution in [1.29, 1.82) is 0 Å². The lowest BCUT2D eigenvalue weighted by atomic mass is 9.83. The second-order valence-corrected chi connectivity index (χ2v) is 6.25. The molecule has 2 aliphatic heterocycles. The summed E-state index contributed by atoms with van der Waals surface area (Å²) < 4.78 is 14.0. The average Bonchev–Trinajstić information content (AvgIpc) is 3.10. The molecule has 1 aromatic heterocycles. The van der Waals surface area contributed by atoms with Crippen molar-refractivity contribution >= 4 is 15.9 Å². The number of ether oxygens (including phenoxy) is 2. The molecule has 0 amide bonds. The van der Waals surface area contributed by atoms with Crippen molar-refractivity contribution in [3.63, 3.8) is 0 Å². The Morgan fingerprint density at radius 1 is 1.63 bits per heavy atom. The molecule has 0 saturated carbocycles. The third kappa shape index (κ3) is 2.46. The maximum absolute atomic E-state index is 6.49. The number of rotatable bonds is 5. The van der Waals surface area contributed by atoms with Gasteiger partial charge in [-0.3, -0.25) is 4.68 Å². The zero-order valence-corrected chi connectivity index (χ0v) is 12.7. The molecular weight excluding hydrogens is 310 g/mol. The van der Waals surface area contributed by atoms with Crippen molar-refractivity contribution in [3.05, 3.63) is 16.4 Å². The van der Waals surface area contributed by atoms with Crippen LogP contribution in [0.3, 0.4) is 0 Å². The van der Waals surface area contributed by atoms with Crippen LogP contribution < -0.4 is 5.73 Å². The first kappa shape index (κ1) is 13.5. The van der Waals surface area contributed by atoms with Crippen molar-refractivity contribution in [2.75, 3.05) is 13.7 Å². The average molecular weight is 330 g/mol. The van der Waals surface area contributed by atoms with Gasteiger partial charge in [0.2, 0.25) is 0 Å². The molecule has 19 heavy (non-hydrogen) atoms. The summed E-state index contributed by atoms with van der Waals surface area (Å²) in [6, 6.07) is -0.0240. The number of fused-ring (bicyclic) bond motifs is 2. The standard InChI is InChI=1S/C13H20BrN3O2/c1-18-5-4-17-13(10(14)7-16-17)12(15)9-6-8-2-3-11(9)19-8/h7-9,11-12H,2-6,15H2,1H3. The maximum atomic E-state index is 6.49. The van der Waals surface area contributed by atoms with Gasteiger partial charge in [-0.25, -0.2) is 0 Å². The van der Waals surface area contributed by atoms with Gasteiger partial charge in [0.25, 0.3) is 0 Å². The highest BCUT2D eigenvalue weighted by molar-refractivity contribution is 9.10. The molecule has 1 aromatic rings. The lowest BCUT2D eigenvalue weighted by molar-refractivity contribution is 0.0877. The van der Waals surface area contributed by atoms with Crippen LogP contribution in [0.15, 0.2) is 10.7 Å². The van der Waals surface area contributed by atoms with Crippen LogP contribution >= 0.6 is 15.9 Å². The first-order valence-electron chi connectivity index (χ1n) is 6.82. The van der Waals surface area contributed by atoms with Crippen molar-refractivity contribution < 1.29 is 9.47 Å². The molecule has 3 heterocycles. The summed E-state index contributed by atoms with van der Waals surface area (Å²) in [6.07, 6.45) is 5.99. The second kappa shape index (κ2) is 5.52. The lowest BCUT2D eigenvalue weighted by Crippen LogP contribution is -2.31. The van der Waals surface area contributed by atoms with Crippen LogP contribution in [-0.2, 0) is 16.0 Å². The van der Waals surface area contributed by atoms with Gasteiger partial charge in [0.1, 0.15) is 0 Å². The Morgan fingerprint density at radius 2 is 2.47 bits per heavy atom. The molecule has 4 unspecified atom stereocenters. The van der Waals surface area contributed by atoms with Gasteiger partial charge < -0.3 is 15.2 Å². The Hall–Kier alpha value is -0.430. The van der Waals surface area contributed by atoms with E-state index >= 15 is 0 Å². The summed E-state index contributed by atoms with van der Waals surface area (Å²) in [6.45, 7) is 1.37. The summed E-state index contributed by atoms with van der Waals surface area (Å²) in [5, 5.41) is 4.38. The summed E-state index contributed by atoms with van der Waals surface area (Å²) in [4.78, 5) is 0. The smallest absolute Gasteiger partial charge is 0.0698 e. The van der Waals surface area contributed by atoms with E-state index in [4.69, 9.17) is 15.2 Å². The number of aromatic nitrogens is 2. The highest BCUT2D eigenvalue weighted by Gasteiger charge is 2.44. The normalized spacial score (nSPS) is 31.0. The van der Waals surface area contributed by atoms with Crippen molar-refractivity contribution in [3.8, 4) is 0 Å². The summed E-state index contributed by atoms with van der Waals surface area (Å²) in [7, 11) is 1.70. The minimum atomic E-state index is -0.0240. The molecule has 0 radical (unpaired) electrons. The van der Waals surface area contributed by atoms with Crippen LogP contribution in [0.5, 0.6) is 0 Å². The van der Waals surface area contributed by atoms with Gasteiger partial charge in [0.15, 0.2) is 0 Å². The minimum Gasteiger partial charge on any atom is -0.383 e. The van der Waals surface area contributed by atoms with E-state index in [2.05, 4.69) is 21.0 Å². The molecule has 6 heteroatoms. The van der Waals surface area contributed by atoms with Gasteiger partial charge in [-0.05, 0) is 35.2 Å². The zero-order valence-electron chi connectivity index (χ0n) is 11.1. The van der Waals surface area contributed by atoms with E-state index in [1.54, 1.807) is 7.11 Å². The van der Waals surface area contributed by atoms with Crippen LogP contribution in [-0.4, -0.2) is 35.7 Å². The van der Waals surface area contributed by atoms with Crippen molar-refractivity contribution in [2.24, 2.45) is 11.7 Å². The van der Waals surface area contributed by atoms with Gasteiger partial charge in [-0.2, -0.15) is 5.10 Å². The van der Waals surface area contributed by atoms with E-state index in [9.17, 15) is 0 Å². The Morgan fingerprint density at radius 3 is 3.11 bits per heavy atom. The number of hydrogen-bond acceptors (Lipinski definition) is 4. The van der Waals surface area contributed by atoms with Gasteiger partial charge in [0, 0.05) is 13.0 Å². The Labute approximate surface area is 121 Å². The summed E-state index contributed by atoms with van der Waals surface area (Å²) in [5.41, 5.74) is 7.56. The van der Waals surface area contributed by atoms with Crippen LogP contribution in [0.2, 0.25) is 0 Å². The lowest BCUT2D eigenvalue weighted by Gasteiger charge is -2.26. The van der Waals surface area contributed by atoms with Gasteiger partial charge in [0.05, 0.1) is 47.8 Å². The molecule has 0 aliphatic carbocycles. The van der Waals surface area contributed by atoms with E-state index < -0.39 is 0 Å². The molecule has 0 spiro atoms. The van der Waals surface area contributed by atoms with Gasteiger partial charge in [-0.15, -0.1) is 0 Å². The van der Waals surface area contributed by atoms with E-state index in [1.807, 2.05) is 10.9 Å². The fraction of sp³-hybridized carbons (Fsp3) is 0.769. The fourth-order valence-electron chi connectivity index (χ4n) is 3.32. The Bertz CT molecular complexity index is 451. The first-order chi connectivity index (χ1) is 9.20. The molecule has 2 fully saturated rings. The third-order valence-corrected chi connectivity index (χ3v) is 4.88. The number of nitrogens with zero attached hydrogens (tertiary/aromatic N) is 2. The van der Waals surface area contributed by atoms with Crippen LogP contribution in [0.25, 0.3) is 0 Å². The summed E-state index contributed by atoms with van der Waals surface area (Å²) in [5.74, 6) is 0.410. The monoisotopic (exact) mass is 329 g/mol. The predicted octanol–water partition coefficient (Wildman–Crippen LogP) is 1.86. The molecule has 2 saturated heterocycles. The second-order valence-electron chi connectivity index (χ2n) is 5.39. The van der Waals surface area contributed by atoms with E-state index in [-0.39, 0.29) is 6.04 Å². The minimum absolute atomic E-state index is 0.0240. The van der Waals surface area contributed by atoms with E-state index in [1.165, 1.54) is 6.42 Å². The van der Waals surface area contributed by atoms with E-state index in [0.717, 1.165) is 29.6 Å². The fourth-order valence-corrected chi connectivity index (χ4v) is 3.88. The largest absolute Gasteiger partial charge is 0.383 e. The third-order valence-electron chi connectivity index (χ3n) is 4.27. The highest BCUT2D eigenvalue weighted by Crippen LogP contribution is 2.44. The number of hydrogen-bond donors (Lipinski definition) is 1. The van der Waals surface area contributed by atoms with E-state index in [0.29, 0.717) is 24.7 Å². The quantitative estimate of drug-likeness (QED) is 0.895. The molecule has 0 aromatic carbocycles. The Balaban J connectivity index is 1.79. The molecule has 4 atom stereocenters. The predicted molar refractivity (Wildman–Crippen MR) is 74.7 cm³/mol. The van der Waals surface area contributed by atoms with Crippen LogP contribution in [0.4, 0.5) is 0 Å². The molecule has 5 nitrogen and oxygen atoms in total. The summed E-state index contributed by atoms with van der Waals surface area (Å²) >= 11 is 3.56. The molecule has 2 aliphatic rings. The van der Waals surface area contributed by atoms with Crippen LogP contribution in [0.1, 0.15) is 31.0 Å². The SMILES string of the molecule is COCCn1ncc(Br)c1C(N)C1CC2CCC1O2. The molecule has 2 bridgehead atoms. The van der Waals surface area contributed by atoms with Crippen molar-refractivity contribution in [1.82, 2.24) is 9.78 Å².